The van der Waals surface area contributed by atoms with Crippen LogP contribution in [-0.2, 0) is 9.59 Å². The van der Waals surface area contributed by atoms with Crippen molar-refractivity contribution in [3.05, 3.63) is 69.8 Å². The molecule has 2 aromatic rings. The monoisotopic (exact) mass is 442 g/mol. The van der Waals surface area contributed by atoms with Crippen LogP contribution in [0.2, 0.25) is 5.02 Å². The number of ether oxygens (including phenoxy) is 1. The van der Waals surface area contributed by atoms with Crippen molar-refractivity contribution in [1.29, 1.82) is 0 Å². The second-order valence-corrected chi connectivity index (χ2v) is 8.20. The first kappa shape index (κ1) is 22.8. The second kappa shape index (κ2) is 9.54. The van der Waals surface area contributed by atoms with E-state index in [0.717, 1.165) is 5.56 Å². The smallest absolute Gasteiger partial charge is 0.295 e. The Morgan fingerprint density at radius 3 is 2.42 bits per heavy atom. The quantitative estimate of drug-likeness (QED) is 0.398. The van der Waals surface area contributed by atoms with Crippen molar-refractivity contribution < 1.29 is 19.4 Å². The summed E-state index contributed by atoms with van der Waals surface area (Å²) in [6, 6.07) is 11.5. The first-order valence-corrected chi connectivity index (χ1v) is 10.5. The summed E-state index contributed by atoms with van der Waals surface area (Å²) in [6.45, 7) is 5.23. The van der Waals surface area contributed by atoms with Crippen molar-refractivity contribution in [3.8, 4) is 5.75 Å². The normalized spacial score (nSPS) is 18.1. The van der Waals surface area contributed by atoms with E-state index in [9.17, 15) is 14.7 Å². The summed E-state index contributed by atoms with van der Waals surface area (Å²) in [5.74, 6) is -0.801. The maximum atomic E-state index is 13.0. The van der Waals surface area contributed by atoms with E-state index in [1.807, 2.05) is 32.8 Å². The van der Waals surface area contributed by atoms with Crippen LogP contribution in [0.1, 0.15) is 29.7 Å². The number of aliphatic hydroxyl groups is 1. The molecule has 7 heteroatoms. The van der Waals surface area contributed by atoms with Gasteiger partial charge in [0, 0.05) is 23.7 Å². The number of aliphatic hydroxyl groups excluding tert-OH is 1. The van der Waals surface area contributed by atoms with E-state index in [0.29, 0.717) is 41.6 Å². The van der Waals surface area contributed by atoms with Gasteiger partial charge in [-0.2, -0.15) is 0 Å². The highest BCUT2D eigenvalue weighted by atomic mass is 35.5. The molecular weight excluding hydrogens is 416 g/mol. The van der Waals surface area contributed by atoms with E-state index in [2.05, 4.69) is 0 Å². The Hall–Kier alpha value is -2.83. The van der Waals surface area contributed by atoms with Gasteiger partial charge in [-0.15, -0.1) is 0 Å². The van der Waals surface area contributed by atoms with Gasteiger partial charge in [-0.1, -0.05) is 23.7 Å². The van der Waals surface area contributed by atoms with Crippen molar-refractivity contribution in [2.45, 2.75) is 19.9 Å². The summed E-state index contributed by atoms with van der Waals surface area (Å²) in [5.41, 5.74) is 2.09. The fourth-order valence-corrected chi connectivity index (χ4v) is 3.81. The lowest BCUT2D eigenvalue weighted by atomic mass is 9.95. The lowest BCUT2D eigenvalue weighted by Crippen LogP contribution is -2.35. The Labute approximate surface area is 187 Å². The van der Waals surface area contributed by atoms with Crippen LogP contribution in [0.5, 0.6) is 5.75 Å². The van der Waals surface area contributed by atoms with Gasteiger partial charge >= 0.3 is 0 Å². The molecule has 31 heavy (non-hydrogen) atoms. The average molecular weight is 443 g/mol. The predicted molar refractivity (Wildman–Crippen MR) is 121 cm³/mol. The number of rotatable bonds is 7. The van der Waals surface area contributed by atoms with Crippen LogP contribution < -0.4 is 4.74 Å². The van der Waals surface area contributed by atoms with Crippen LogP contribution in [0.15, 0.2) is 48.0 Å². The molecule has 1 amide bonds. The number of halogens is 1. The Morgan fingerprint density at radius 1 is 1.16 bits per heavy atom. The molecular formula is C24H27ClN2O4. The Bertz CT molecular complexity index is 1010. The van der Waals surface area contributed by atoms with Crippen LogP contribution >= 0.6 is 11.6 Å². The van der Waals surface area contributed by atoms with Crippen molar-refractivity contribution in [1.82, 2.24) is 9.80 Å². The van der Waals surface area contributed by atoms with Gasteiger partial charge in [0.2, 0.25) is 0 Å². The zero-order valence-corrected chi connectivity index (χ0v) is 18.9. The van der Waals surface area contributed by atoms with Gasteiger partial charge in [0.25, 0.3) is 11.7 Å². The standard InChI is InChI=1S/C24H27ClN2O4/c1-5-31-19-11-8-17(14-15(19)2)22(28)20-21(16-6-9-18(25)10-7-16)27(13-12-26(3)4)24(30)23(20)29/h6-11,14,21,28H,5,12-13H2,1-4H3/t21-/m0/s1. The molecule has 0 radical (unpaired) electrons. The number of carbonyl (C=O) groups is 2. The fraction of sp³-hybridized carbons (Fsp3) is 0.333. The van der Waals surface area contributed by atoms with Crippen LogP contribution in [0.3, 0.4) is 0 Å². The highest BCUT2D eigenvalue weighted by Gasteiger charge is 2.45. The molecule has 1 fully saturated rings. The topological polar surface area (TPSA) is 70.1 Å². The van der Waals surface area contributed by atoms with Gasteiger partial charge in [-0.3, -0.25) is 9.59 Å². The summed E-state index contributed by atoms with van der Waals surface area (Å²) >= 11 is 6.04. The number of benzene rings is 2. The van der Waals surface area contributed by atoms with E-state index in [1.54, 1.807) is 42.5 Å². The van der Waals surface area contributed by atoms with E-state index in [4.69, 9.17) is 16.3 Å². The summed E-state index contributed by atoms with van der Waals surface area (Å²) in [4.78, 5) is 29.3. The number of likely N-dealkylation sites (N-methyl/N-ethyl adjacent to an activating group) is 1. The molecule has 1 N–H and O–H groups in total. The van der Waals surface area contributed by atoms with Gasteiger partial charge in [0.15, 0.2) is 0 Å². The number of hydrogen-bond acceptors (Lipinski definition) is 5. The molecule has 1 atom stereocenters. The third-order valence-corrected chi connectivity index (χ3v) is 5.51. The lowest BCUT2D eigenvalue weighted by molar-refractivity contribution is -0.140. The third kappa shape index (κ3) is 4.75. The molecule has 1 saturated heterocycles. The minimum atomic E-state index is -0.692. The molecule has 0 aliphatic carbocycles. The lowest BCUT2D eigenvalue weighted by Gasteiger charge is -2.26. The van der Waals surface area contributed by atoms with Gasteiger partial charge < -0.3 is 19.6 Å². The SMILES string of the molecule is CCOc1ccc(C(O)=C2C(=O)C(=O)N(CCN(C)C)[C@H]2c2ccc(Cl)cc2)cc1C. The molecule has 1 heterocycles. The van der Waals surface area contributed by atoms with Gasteiger partial charge in [0.05, 0.1) is 18.2 Å². The third-order valence-electron chi connectivity index (χ3n) is 5.26. The van der Waals surface area contributed by atoms with Crippen molar-refractivity contribution >= 4 is 29.1 Å². The van der Waals surface area contributed by atoms with Crippen molar-refractivity contribution in [2.75, 3.05) is 33.8 Å². The maximum absolute atomic E-state index is 13.0. The molecule has 1 aliphatic rings. The number of likely N-dealkylation sites (tertiary alicyclic amines) is 1. The van der Waals surface area contributed by atoms with Crippen molar-refractivity contribution in [3.63, 3.8) is 0 Å². The van der Waals surface area contributed by atoms with Gasteiger partial charge in [-0.05, 0) is 69.4 Å². The Balaban J connectivity index is 2.12. The Kier molecular flexibility index (Phi) is 7.03. The molecule has 2 aromatic carbocycles. The predicted octanol–water partition coefficient (Wildman–Crippen LogP) is 4.03. The second-order valence-electron chi connectivity index (χ2n) is 7.76. The number of amides is 1. The molecule has 6 nitrogen and oxygen atoms in total. The van der Waals surface area contributed by atoms with Crippen molar-refractivity contribution in [2.24, 2.45) is 0 Å². The molecule has 1 aliphatic heterocycles. The number of Topliss-reactive ketones (excluding diaryl/α,β-unsaturated/α-hetero) is 1. The summed E-state index contributed by atoms with van der Waals surface area (Å²) in [7, 11) is 3.80. The van der Waals surface area contributed by atoms with Gasteiger partial charge in [0.1, 0.15) is 11.5 Å². The molecule has 164 valence electrons. The van der Waals surface area contributed by atoms with E-state index in [1.165, 1.54) is 4.90 Å². The summed E-state index contributed by atoms with van der Waals surface area (Å²) < 4.78 is 5.56. The summed E-state index contributed by atoms with van der Waals surface area (Å²) in [6.07, 6.45) is 0. The highest BCUT2D eigenvalue weighted by molar-refractivity contribution is 6.46. The molecule has 3 rings (SSSR count). The minimum absolute atomic E-state index is 0.0784. The van der Waals surface area contributed by atoms with Crippen LogP contribution in [-0.4, -0.2) is 60.4 Å². The number of nitrogens with zero attached hydrogens (tertiary/aromatic N) is 2. The van der Waals surface area contributed by atoms with E-state index < -0.39 is 17.7 Å². The zero-order chi connectivity index (χ0) is 22.7. The van der Waals surface area contributed by atoms with Crippen LogP contribution in [0, 0.1) is 6.92 Å². The van der Waals surface area contributed by atoms with Gasteiger partial charge in [-0.25, -0.2) is 0 Å². The average Bonchev–Trinajstić information content (AvgIpc) is 2.98. The van der Waals surface area contributed by atoms with E-state index in [-0.39, 0.29) is 11.3 Å². The molecule has 0 unspecified atom stereocenters. The number of hydrogen-bond donors (Lipinski definition) is 1. The fourth-order valence-electron chi connectivity index (χ4n) is 3.68. The first-order valence-electron chi connectivity index (χ1n) is 10.2. The number of ketones is 1. The number of carbonyl (C=O) groups excluding carboxylic acids is 2. The highest BCUT2D eigenvalue weighted by Crippen LogP contribution is 2.40. The minimum Gasteiger partial charge on any atom is -0.507 e. The summed E-state index contributed by atoms with van der Waals surface area (Å²) in [5, 5.41) is 11.7. The zero-order valence-electron chi connectivity index (χ0n) is 18.2. The number of aryl methyl sites for hydroxylation is 1. The molecule has 0 bridgehead atoms. The van der Waals surface area contributed by atoms with E-state index >= 15 is 0 Å². The molecule has 0 aromatic heterocycles. The van der Waals surface area contributed by atoms with Crippen LogP contribution in [0.25, 0.3) is 5.76 Å². The maximum Gasteiger partial charge on any atom is 0.295 e. The first-order chi connectivity index (χ1) is 14.7. The largest absolute Gasteiger partial charge is 0.507 e. The van der Waals surface area contributed by atoms with Crippen LogP contribution in [0.4, 0.5) is 0 Å². The molecule has 0 spiro atoms. The Morgan fingerprint density at radius 2 is 1.84 bits per heavy atom. The molecule has 0 saturated carbocycles.